The normalized spacial score (nSPS) is 11.6. The summed E-state index contributed by atoms with van der Waals surface area (Å²) in [5, 5.41) is 4.45. The molecule has 0 aliphatic carbocycles. The second-order valence-corrected chi connectivity index (χ2v) is 10.3. The molecule has 4 aromatic carbocycles. The van der Waals surface area contributed by atoms with Crippen molar-refractivity contribution in [1.82, 2.24) is 44.0 Å². The standard InChI is InChI=1S/C35H21N9/c1-5-14-26-22(10-1)23-11-2-6-15-27(23)43(26)34-30(32-37-18-9-19-38-32)31(33-39-20-36-21-40-33)41-35(42-34)44-28-16-7-3-12-24(28)25-13-4-8-17-29(25)44/h1-21H. The van der Waals surface area contributed by atoms with E-state index in [1.54, 1.807) is 18.5 Å². The van der Waals surface area contributed by atoms with Gasteiger partial charge in [-0.25, -0.2) is 29.9 Å². The second-order valence-electron chi connectivity index (χ2n) is 10.3. The molecule has 0 spiro atoms. The van der Waals surface area contributed by atoms with Gasteiger partial charge in [0.1, 0.15) is 18.3 Å². The fraction of sp³-hybridized carbons (Fsp3) is 0. The molecule has 0 amide bonds. The maximum atomic E-state index is 5.38. The lowest BCUT2D eigenvalue weighted by atomic mass is 10.1. The lowest BCUT2D eigenvalue weighted by molar-refractivity contribution is 0.937. The zero-order valence-electron chi connectivity index (χ0n) is 23.1. The first-order valence-corrected chi connectivity index (χ1v) is 14.2. The van der Waals surface area contributed by atoms with E-state index in [9.17, 15) is 0 Å². The van der Waals surface area contributed by atoms with Crippen LogP contribution in [0.3, 0.4) is 0 Å². The Kier molecular flexibility index (Phi) is 5.30. The summed E-state index contributed by atoms with van der Waals surface area (Å²) < 4.78 is 4.27. The summed E-state index contributed by atoms with van der Waals surface area (Å²) in [5.41, 5.74) is 5.10. The molecule has 5 aromatic heterocycles. The third kappa shape index (κ3) is 3.56. The summed E-state index contributed by atoms with van der Waals surface area (Å²) in [6.07, 6.45) is 6.38. The number of hydrogen-bond donors (Lipinski definition) is 0. The molecule has 0 radical (unpaired) electrons. The van der Waals surface area contributed by atoms with Crippen LogP contribution in [0.4, 0.5) is 0 Å². The lowest BCUT2D eigenvalue weighted by Crippen LogP contribution is -2.12. The highest BCUT2D eigenvalue weighted by molar-refractivity contribution is 6.10. The largest absolute Gasteiger partial charge is 0.293 e. The van der Waals surface area contributed by atoms with Gasteiger partial charge in [0, 0.05) is 33.9 Å². The van der Waals surface area contributed by atoms with Crippen LogP contribution in [0, 0.1) is 0 Å². The van der Waals surface area contributed by atoms with E-state index in [0.717, 1.165) is 43.6 Å². The van der Waals surface area contributed by atoms with Gasteiger partial charge in [-0.2, -0.15) is 4.98 Å². The smallest absolute Gasteiger partial charge is 0.237 e. The van der Waals surface area contributed by atoms with E-state index < -0.39 is 0 Å². The number of fused-ring (bicyclic) bond motifs is 6. The summed E-state index contributed by atoms with van der Waals surface area (Å²) >= 11 is 0. The highest BCUT2D eigenvalue weighted by atomic mass is 15.2. The molecule has 0 saturated carbocycles. The Morgan fingerprint density at radius 1 is 0.432 bits per heavy atom. The minimum atomic E-state index is 0.397. The molecule has 9 aromatic rings. The predicted molar refractivity (Wildman–Crippen MR) is 171 cm³/mol. The molecule has 44 heavy (non-hydrogen) atoms. The Bertz CT molecular complexity index is 2390. The Morgan fingerprint density at radius 2 is 0.909 bits per heavy atom. The molecule has 0 aliphatic rings. The van der Waals surface area contributed by atoms with E-state index in [4.69, 9.17) is 9.97 Å². The summed E-state index contributed by atoms with van der Waals surface area (Å²) in [6, 6.07) is 35.1. The highest BCUT2D eigenvalue weighted by Crippen LogP contribution is 2.39. The van der Waals surface area contributed by atoms with Crippen molar-refractivity contribution in [2.75, 3.05) is 0 Å². The molecule has 0 bridgehead atoms. The fourth-order valence-electron chi connectivity index (χ4n) is 6.15. The predicted octanol–water partition coefficient (Wildman–Crippen LogP) is 6.98. The Hall–Kier alpha value is -6.35. The van der Waals surface area contributed by atoms with Gasteiger partial charge in [0.25, 0.3) is 0 Å². The monoisotopic (exact) mass is 567 g/mol. The number of aromatic nitrogens is 9. The molecule has 0 atom stereocenters. The second kappa shape index (κ2) is 9.60. The zero-order chi connectivity index (χ0) is 29.0. The molecule has 0 unspecified atom stereocenters. The van der Waals surface area contributed by atoms with Crippen LogP contribution in [-0.2, 0) is 0 Å². The summed E-state index contributed by atoms with van der Waals surface area (Å²) in [7, 11) is 0. The average molecular weight is 568 g/mol. The van der Waals surface area contributed by atoms with Crippen molar-refractivity contribution >= 4 is 43.6 Å². The number of benzene rings is 4. The van der Waals surface area contributed by atoms with Crippen LogP contribution >= 0.6 is 0 Å². The van der Waals surface area contributed by atoms with Gasteiger partial charge in [-0.1, -0.05) is 72.8 Å². The van der Waals surface area contributed by atoms with E-state index in [-0.39, 0.29) is 0 Å². The quantitative estimate of drug-likeness (QED) is 0.226. The van der Waals surface area contributed by atoms with Crippen molar-refractivity contribution in [2.24, 2.45) is 0 Å². The van der Waals surface area contributed by atoms with E-state index >= 15 is 0 Å². The maximum absolute atomic E-state index is 5.38. The first-order valence-electron chi connectivity index (χ1n) is 14.2. The third-order valence-corrected chi connectivity index (χ3v) is 7.94. The van der Waals surface area contributed by atoms with Crippen molar-refractivity contribution in [3.63, 3.8) is 0 Å². The molecule has 5 heterocycles. The third-order valence-electron chi connectivity index (χ3n) is 7.94. The van der Waals surface area contributed by atoms with E-state index in [0.29, 0.717) is 34.7 Å². The van der Waals surface area contributed by atoms with Crippen LogP contribution in [0.25, 0.3) is 78.3 Å². The summed E-state index contributed by atoms with van der Waals surface area (Å²) in [4.78, 5) is 33.1. The summed E-state index contributed by atoms with van der Waals surface area (Å²) in [5.74, 6) is 1.97. The molecule has 206 valence electrons. The molecule has 0 aliphatic heterocycles. The van der Waals surface area contributed by atoms with Gasteiger partial charge in [0.2, 0.25) is 5.95 Å². The van der Waals surface area contributed by atoms with Crippen LogP contribution in [0.5, 0.6) is 0 Å². The molecule has 9 rings (SSSR count). The van der Waals surface area contributed by atoms with E-state index in [1.165, 1.54) is 12.7 Å². The van der Waals surface area contributed by atoms with Gasteiger partial charge in [-0.05, 0) is 30.3 Å². The van der Waals surface area contributed by atoms with Gasteiger partial charge in [-0.3, -0.25) is 9.13 Å². The van der Waals surface area contributed by atoms with Gasteiger partial charge >= 0.3 is 0 Å². The molecule has 9 heteroatoms. The SMILES string of the molecule is c1cnc(-c2c(-c3ncncn3)nc(-n3c4ccccc4c4ccccc43)nc2-n2c3ccccc3c3ccccc32)nc1. The minimum Gasteiger partial charge on any atom is -0.293 e. The van der Waals surface area contributed by atoms with Gasteiger partial charge in [0.05, 0.1) is 27.6 Å². The maximum Gasteiger partial charge on any atom is 0.237 e. The molecule has 0 saturated heterocycles. The van der Waals surface area contributed by atoms with Gasteiger partial charge in [-0.15, -0.1) is 0 Å². The highest BCUT2D eigenvalue weighted by Gasteiger charge is 2.27. The van der Waals surface area contributed by atoms with Gasteiger partial charge < -0.3 is 0 Å². The van der Waals surface area contributed by atoms with Crippen molar-refractivity contribution < 1.29 is 0 Å². The van der Waals surface area contributed by atoms with Crippen LogP contribution in [0.1, 0.15) is 0 Å². The van der Waals surface area contributed by atoms with E-state index in [2.05, 4.69) is 107 Å². The first-order chi connectivity index (χ1) is 21.9. The number of rotatable bonds is 4. The number of para-hydroxylation sites is 4. The minimum absolute atomic E-state index is 0.397. The average Bonchev–Trinajstić information content (AvgIpc) is 3.62. The fourth-order valence-corrected chi connectivity index (χ4v) is 6.15. The van der Waals surface area contributed by atoms with Crippen LogP contribution in [-0.4, -0.2) is 44.0 Å². The Balaban J connectivity index is 1.50. The van der Waals surface area contributed by atoms with Crippen molar-refractivity contribution in [3.05, 3.63) is 128 Å². The lowest BCUT2D eigenvalue weighted by Gasteiger charge is -2.17. The Morgan fingerprint density at radius 3 is 1.43 bits per heavy atom. The molecule has 9 nitrogen and oxygen atoms in total. The van der Waals surface area contributed by atoms with Crippen molar-refractivity contribution in [2.45, 2.75) is 0 Å². The van der Waals surface area contributed by atoms with Gasteiger partial charge in [0.15, 0.2) is 17.5 Å². The molecular formula is C35H21N9. The van der Waals surface area contributed by atoms with E-state index in [1.807, 2.05) is 24.3 Å². The Labute approximate surface area is 250 Å². The first kappa shape index (κ1) is 24.3. The topological polar surface area (TPSA) is 100 Å². The van der Waals surface area contributed by atoms with Crippen molar-refractivity contribution in [1.29, 1.82) is 0 Å². The van der Waals surface area contributed by atoms with Crippen LogP contribution in [0.2, 0.25) is 0 Å². The molecule has 0 fully saturated rings. The summed E-state index contributed by atoms with van der Waals surface area (Å²) in [6.45, 7) is 0. The zero-order valence-corrected chi connectivity index (χ0v) is 23.1. The molecule has 0 N–H and O–H groups in total. The van der Waals surface area contributed by atoms with Crippen LogP contribution < -0.4 is 0 Å². The molecular weight excluding hydrogens is 546 g/mol. The number of nitrogens with zero attached hydrogens (tertiary/aromatic N) is 9. The van der Waals surface area contributed by atoms with Crippen molar-refractivity contribution in [3.8, 4) is 34.7 Å². The number of hydrogen-bond acceptors (Lipinski definition) is 7. The van der Waals surface area contributed by atoms with Crippen LogP contribution in [0.15, 0.2) is 128 Å².